The molecule has 3 aliphatic rings. The molecule has 0 N–H and O–H groups in total. The van der Waals surface area contributed by atoms with Crippen LogP contribution in [0.5, 0.6) is 0 Å². The molecule has 1 unspecified atom stereocenters. The molecule has 0 saturated carbocycles. The number of nitrogens with zero attached hydrogens (tertiary/aromatic N) is 3. The van der Waals surface area contributed by atoms with Crippen molar-refractivity contribution in [3.05, 3.63) is 216 Å². The summed E-state index contributed by atoms with van der Waals surface area (Å²) in [6.07, 6.45) is 11.6. The van der Waals surface area contributed by atoms with E-state index in [9.17, 15) is 0 Å². The largest absolute Gasteiger partial charge is 0.309 e. The third kappa shape index (κ3) is 4.10. The van der Waals surface area contributed by atoms with Gasteiger partial charge in [-0.25, -0.2) is 9.97 Å². The first-order valence-electron chi connectivity index (χ1n) is 19.1. The van der Waals surface area contributed by atoms with Crippen LogP contribution in [-0.4, -0.2) is 14.5 Å². The monoisotopic (exact) mass is 699 g/mol. The van der Waals surface area contributed by atoms with Gasteiger partial charge < -0.3 is 4.57 Å². The molecule has 12 rings (SSSR count). The highest BCUT2D eigenvalue weighted by Gasteiger charge is 2.53. The van der Waals surface area contributed by atoms with Gasteiger partial charge in [-0.2, -0.15) is 0 Å². The molecule has 1 aliphatic heterocycles. The van der Waals surface area contributed by atoms with Crippen LogP contribution < -0.4 is 0 Å². The topological polar surface area (TPSA) is 30.7 Å². The van der Waals surface area contributed by atoms with E-state index in [1.165, 1.54) is 66.1 Å². The van der Waals surface area contributed by atoms with Gasteiger partial charge in [-0.05, 0) is 57.2 Å². The molecule has 0 fully saturated rings. The fraction of sp³-hybridized carbons (Fsp3) is 0.0385. The van der Waals surface area contributed by atoms with Crippen LogP contribution in [0.15, 0.2) is 188 Å². The maximum Gasteiger partial charge on any atom is 0.160 e. The van der Waals surface area contributed by atoms with E-state index in [2.05, 4.69) is 193 Å². The predicted octanol–water partition coefficient (Wildman–Crippen LogP) is 12.6. The van der Waals surface area contributed by atoms with E-state index in [-0.39, 0.29) is 0 Å². The second kappa shape index (κ2) is 11.4. The van der Waals surface area contributed by atoms with Crippen LogP contribution in [0.3, 0.4) is 0 Å². The van der Waals surface area contributed by atoms with Gasteiger partial charge in [-0.15, -0.1) is 0 Å². The van der Waals surface area contributed by atoms with E-state index in [1.807, 2.05) is 0 Å². The van der Waals surface area contributed by atoms with E-state index in [0.717, 1.165) is 45.9 Å². The minimum absolute atomic E-state index is 0.673. The molecule has 256 valence electrons. The van der Waals surface area contributed by atoms with Gasteiger partial charge in [-0.1, -0.05) is 176 Å². The zero-order valence-electron chi connectivity index (χ0n) is 29.9. The Hall–Kier alpha value is -7.10. The smallest absolute Gasteiger partial charge is 0.160 e. The number of para-hydroxylation sites is 3. The first-order chi connectivity index (χ1) is 27.3. The third-order valence-corrected chi connectivity index (χ3v) is 12.1. The summed E-state index contributed by atoms with van der Waals surface area (Å²) in [5.74, 6) is 0.728. The van der Waals surface area contributed by atoms with Gasteiger partial charge in [0, 0.05) is 33.0 Å². The number of hydrogen-bond donors (Lipinski definition) is 0. The Labute approximate surface area is 318 Å². The van der Waals surface area contributed by atoms with Crippen LogP contribution in [0.2, 0.25) is 0 Å². The van der Waals surface area contributed by atoms with Crippen LogP contribution in [-0.2, 0) is 5.41 Å². The Bertz CT molecular complexity index is 3170. The summed E-state index contributed by atoms with van der Waals surface area (Å²) in [6, 6.07) is 57.8. The minimum atomic E-state index is -0.673. The molecular formula is C52H33N3. The van der Waals surface area contributed by atoms with Crippen molar-refractivity contribution in [3.63, 3.8) is 0 Å². The molecule has 9 aromatic rings. The SMILES string of the molecule is C1=CC=C(c2ccc(-c3nc4c(c(-c5cccc6ccccc56)n3)C3(c5ccccc5-4)c4ccccc4-n4c5ccccc5c5cccc3c54)cc2)CC=C1. The number of allylic oxidation sites excluding steroid dienone is 6. The highest BCUT2D eigenvalue weighted by Crippen LogP contribution is 2.62. The third-order valence-electron chi connectivity index (χ3n) is 12.1. The lowest BCUT2D eigenvalue weighted by atomic mass is 9.64. The van der Waals surface area contributed by atoms with Gasteiger partial charge in [0.1, 0.15) is 0 Å². The average molecular weight is 700 g/mol. The normalized spacial score (nSPS) is 16.3. The molecule has 2 aromatic heterocycles. The maximum atomic E-state index is 5.71. The van der Waals surface area contributed by atoms with Crippen LogP contribution in [0, 0.1) is 0 Å². The van der Waals surface area contributed by atoms with Crippen molar-refractivity contribution >= 4 is 38.2 Å². The summed E-state index contributed by atoms with van der Waals surface area (Å²) in [7, 11) is 0. The molecule has 7 aromatic carbocycles. The van der Waals surface area contributed by atoms with Crippen molar-refractivity contribution in [3.8, 4) is 39.6 Å². The second-order valence-corrected chi connectivity index (χ2v) is 14.8. The molecule has 3 heteroatoms. The zero-order valence-corrected chi connectivity index (χ0v) is 29.9. The van der Waals surface area contributed by atoms with Gasteiger partial charge in [0.2, 0.25) is 0 Å². The number of fused-ring (bicyclic) bond motifs is 13. The molecule has 0 radical (unpaired) electrons. The first-order valence-corrected chi connectivity index (χ1v) is 19.1. The first kappa shape index (κ1) is 30.4. The van der Waals surface area contributed by atoms with Crippen molar-refractivity contribution in [2.75, 3.05) is 0 Å². The molecular weight excluding hydrogens is 667 g/mol. The Morgan fingerprint density at radius 1 is 0.491 bits per heavy atom. The molecule has 1 spiro atoms. The molecule has 0 bridgehead atoms. The summed E-state index contributed by atoms with van der Waals surface area (Å²) >= 11 is 0. The van der Waals surface area contributed by atoms with Gasteiger partial charge >= 0.3 is 0 Å². The Morgan fingerprint density at radius 2 is 1.15 bits per heavy atom. The quantitative estimate of drug-likeness (QED) is 0.184. The Kier molecular flexibility index (Phi) is 6.32. The van der Waals surface area contributed by atoms with Gasteiger partial charge in [0.05, 0.1) is 33.5 Å². The molecule has 0 saturated heterocycles. The van der Waals surface area contributed by atoms with Crippen molar-refractivity contribution in [2.45, 2.75) is 11.8 Å². The highest BCUT2D eigenvalue weighted by atomic mass is 15.0. The second-order valence-electron chi connectivity index (χ2n) is 14.8. The molecule has 55 heavy (non-hydrogen) atoms. The highest BCUT2D eigenvalue weighted by molar-refractivity contribution is 6.13. The number of hydrogen-bond acceptors (Lipinski definition) is 2. The predicted molar refractivity (Wildman–Crippen MR) is 226 cm³/mol. The maximum absolute atomic E-state index is 5.71. The summed E-state index contributed by atoms with van der Waals surface area (Å²) < 4.78 is 2.49. The van der Waals surface area contributed by atoms with Gasteiger partial charge in [0.25, 0.3) is 0 Å². The fourth-order valence-electron chi connectivity index (χ4n) is 9.80. The van der Waals surface area contributed by atoms with E-state index in [4.69, 9.17) is 9.97 Å². The average Bonchev–Trinajstić information content (AvgIpc) is 3.58. The molecule has 2 aliphatic carbocycles. The van der Waals surface area contributed by atoms with Crippen LogP contribution in [0.4, 0.5) is 0 Å². The van der Waals surface area contributed by atoms with E-state index >= 15 is 0 Å². The lowest BCUT2D eigenvalue weighted by Gasteiger charge is -2.40. The standard InChI is InChI=1S/C52H33N3/c1-2-4-16-33(15-3-1)34-29-31-36(32-30-34)51-53-48(39-22-13-18-35-17-5-6-19-37(35)39)47-49(54-51)41-21-7-9-24-42(41)52(47)43-25-10-12-28-46(43)55-45-27-11-8-20-38(45)40-23-14-26-44(52)50(40)55/h1-15,17-32H,16H2. The van der Waals surface area contributed by atoms with Crippen molar-refractivity contribution in [2.24, 2.45) is 0 Å². The van der Waals surface area contributed by atoms with Crippen LogP contribution in [0.1, 0.15) is 34.2 Å². The minimum Gasteiger partial charge on any atom is -0.309 e. The zero-order chi connectivity index (χ0) is 36.1. The number of rotatable bonds is 3. The molecule has 3 nitrogen and oxygen atoms in total. The number of benzene rings is 7. The van der Waals surface area contributed by atoms with Gasteiger partial charge in [-0.3, -0.25) is 0 Å². The lowest BCUT2D eigenvalue weighted by molar-refractivity contribution is 0.744. The summed E-state index contributed by atoms with van der Waals surface area (Å²) in [5.41, 5.74) is 15.6. The lowest BCUT2D eigenvalue weighted by Crippen LogP contribution is -2.34. The van der Waals surface area contributed by atoms with Crippen LogP contribution >= 0.6 is 0 Å². The Balaban J connectivity index is 1.22. The van der Waals surface area contributed by atoms with E-state index < -0.39 is 5.41 Å². The van der Waals surface area contributed by atoms with Gasteiger partial charge in [0.15, 0.2) is 5.82 Å². The van der Waals surface area contributed by atoms with E-state index in [0.29, 0.717) is 0 Å². The molecule has 3 heterocycles. The number of aromatic nitrogens is 3. The Morgan fingerprint density at radius 3 is 2.05 bits per heavy atom. The van der Waals surface area contributed by atoms with Crippen LogP contribution in [0.25, 0.3) is 77.7 Å². The molecule has 1 atom stereocenters. The summed E-state index contributed by atoms with van der Waals surface area (Å²) in [6.45, 7) is 0. The molecule has 0 amide bonds. The summed E-state index contributed by atoms with van der Waals surface area (Å²) in [4.78, 5) is 11.3. The summed E-state index contributed by atoms with van der Waals surface area (Å²) in [5, 5.41) is 4.88. The van der Waals surface area contributed by atoms with Crippen molar-refractivity contribution in [1.29, 1.82) is 0 Å². The van der Waals surface area contributed by atoms with E-state index in [1.54, 1.807) is 0 Å². The van der Waals surface area contributed by atoms with Crippen molar-refractivity contribution in [1.82, 2.24) is 14.5 Å². The van der Waals surface area contributed by atoms with Crippen molar-refractivity contribution < 1.29 is 0 Å². The fourth-order valence-corrected chi connectivity index (χ4v) is 9.80.